The van der Waals surface area contributed by atoms with Gasteiger partial charge in [-0.1, -0.05) is 11.3 Å². The van der Waals surface area contributed by atoms with Crippen LogP contribution in [-0.4, -0.2) is 38.1 Å². The van der Waals surface area contributed by atoms with Crippen LogP contribution in [0.5, 0.6) is 0 Å². The number of non-ortho nitro benzene ring substituents is 1. The number of nitrogens with zero attached hydrogens (tertiary/aromatic N) is 5. The number of hydrogen-bond acceptors (Lipinski definition) is 8. The van der Waals surface area contributed by atoms with Gasteiger partial charge in [0.05, 0.1) is 9.83 Å². The van der Waals surface area contributed by atoms with E-state index in [0.29, 0.717) is 15.2 Å². The first-order valence-corrected chi connectivity index (χ1v) is 8.80. The first-order chi connectivity index (χ1) is 11.9. The number of nitro groups is 1. The molecule has 1 amide bonds. The quantitative estimate of drug-likeness (QED) is 0.463. The summed E-state index contributed by atoms with van der Waals surface area (Å²) in [7, 11) is 1.65. The number of aliphatic imine (C=N–C) groups is 1. The molecular formula is C15H13N5O3S2. The van der Waals surface area contributed by atoms with Crippen molar-refractivity contribution in [2.75, 3.05) is 7.05 Å². The molecule has 0 radical (unpaired) electrons. The van der Waals surface area contributed by atoms with E-state index in [-0.39, 0.29) is 11.6 Å². The van der Waals surface area contributed by atoms with Crippen molar-refractivity contribution in [2.24, 2.45) is 4.99 Å². The minimum absolute atomic E-state index is 0.0120. The van der Waals surface area contributed by atoms with E-state index in [1.165, 1.54) is 40.1 Å². The Morgan fingerprint density at radius 2 is 1.96 bits per heavy atom. The largest absolute Gasteiger partial charge is 0.289 e. The third kappa shape index (κ3) is 3.44. The van der Waals surface area contributed by atoms with E-state index in [1.807, 2.05) is 13.8 Å². The van der Waals surface area contributed by atoms with Gasteiger partial charge in [0, 0.05) is 19.2 Å². The molecule has 0 unspecified atom stereocenters. The highest BCUT2D eigenvalue weighted by Crippen LogP contribution is 2.37. The lowest BCUT2D eigenvalue weighted by atomic mass is 10.1. The van der Waals surface area contributed by atoms with Crippen LogP contribution in [0.4, 0.5) is 10.8 Å². The molecular weight excluding hydrogens is 362 g/mol. The molecule has 3 rings (SSSR count). The maximum Gasteiger partial charge on any atom is 0.269 e. The predicted octanol–water partition coefficient (Wildman–Crippen LogP) is 3.38. The summed E-state index contributed by atoms with van der Waals surface area (Å²) in [5, 5.41) is 20.4. The zero-order valence-corrected chi connectivity index (χ0v) is 15.2. The number of aryl methyl sites for hydroxylation is 1. The maximum absolute atomic E-state index is 12.5. The third-order valence-electron chi connectivity index (χ3n) is 3.54. The van der Waals surface area contributed by atoms with E-state index >= 15 is 0 Å². The molecule has 1 aromatic carbocycles. The van der Waals surface area contributed by atoms with Crippen molar-refractivity contribution in [1.82, 2.24) is 15.1 Å². The second-order valence-corrected chi connectivity index (χ2v) is 7.36. The fourth-order valence-corrected chi connectivity index (χ4v) is 3.80. The van der Waals surface area contributed by atoms with Gasteiger partial charge in [-0.05, 0) is 48.9 Å². The topological polar surface area (TPSA) is 102 Å². The number of carbonyl (C=O) groups excluding carboxylic acids is 1. The van der Waals surface area contributed by atoms with Crippen LogP contribution in [0.3, 0.4) is 0 Å². The molecule has 1 saturated heterocycles. The van der Waals surface area contributed by atoms with E-state index in [4.69, 9.17) is 0 Å². The Kier molecular flexibility index (Phi) is 4.64. The Bertz CT molecular complexity index is 918. The maximum atomic E-state index is 12.5. The number of amides is 1. The Morgan fingerprint density at radius 1 is 1.28 bits per heavy atom. The molecule has 8 nitrogen and oxygen atoms in total. The van der Waals surface area contributed by atoms with Crippen LogP contribution in [0.1, 0.15) is 17.5 Å². The number of thioether (sulfide) groups is 1. The minimum atomic E-state index is -0.454. The number of aromatic nitrogens is 2. The number of rotatable bonds is 3. The van der Waals surface area contributed by atoms with Gasteiger partial charge in [-0.3, -0.25) is 19.8 Å². The Morgan fingerprint density at radius 3 is 2.52 bits per heavy atom. The van der Waals surface area contributed by atoms with Crippen molar-refractivity contribution in [2.45, 2.75) is 13.8 Å². The van der Waals surface area contributed by atoms with E-state index in [1.54, 1.807) is 19.2 Å². The lowest BCUT2D eigenvalue weighted by Crippen LogP contribution is -2.23. The number of hydrogen-bond donors (Lipinski definition) is 0. The highest BCUT2D eigenvalue weighted by molar-refractivity contribution is 8.18. The van der Waals surface area contributed by atoms with Crippen LogP contribution < -0.4 is 0 Å². The molecule has 0 N–H and O–H groups in total. The molecule has 1 aromatic heterocycles. The fraction of sp³-hybridized carbons (Fsp3) is 0.200. The van der Waals surface area contributed by atoms with E-state index in [2.05, 4.69) is 15.2 Å². The van der Waals surface area contributed by atoms with E-state index < -0.39 is 4.92 Å². The average molecular weight is 375 g/mol. The lowest BCUT2D eigenvalue weighted by molar-refractivity contribution is -0.384. The molecule has 1 fully saturated rings. The molecule has 2 aromatic rings. The van der Waals surface area contributed by atoms with Crippen molar-refractivity contribution in [3.63, 3.8) is 0 Å². The number of likely N-dealkylation sites (N-methyl/N-ethyl adjacent to an activating group) is 1. The first-order valence-electron chi connectivity index (χ1n) is 7.17. The molecule has 128 valence electrons. The van der Waals surface area contributed by atoms with Crippen LogP contribution in [0.2, 0.25) is 0 Å². The molecule has 0 bridgehead atoms. The van der Waals surface area contributed by atoms with Crippen LogP contribution in [0.15, 0.2) is 34.2 Å². The second-order valence-electron chi connectivity index (χ2n) is 5.22. The highest BCUT2D eigenvalue weighted by Gasteiger charge is 2.32. The summed E-state index contributed by atoms with van der Waals surface area (Å²) < 4.78 is 0. The average Bonchev–Trinajstić information content (AvgIpc) is 3.12. The van der Waals surface area contributed by atoms with E-state index in [9.17, 15) is 14.9 Å². The lowest BCUT2D eigenvalue weighted by Gasteiger charge is -2.06. The first kappa shape index (κ1) is 17.2. The number of amidine groups is 1. The predicted molar refractivity (Wildman–Crippen MR) is 97.8 cm³/mol. The van der Waals surface area contributed by atoms with Gasteiger partial charge in [-0.15, -0.1) is 10.2 Å². The van der Waals surface area contributed by atoms with Gasteiger partial charge in [0.2, 0.25) is 5.13 Å². The minimum Gasteiger partial charge on any atom is -0.289 e. The highest BCUT2D eigenvalue weighted by atomic mass is 32.2. The zero-order chi connectivity index (χ0) is 18.1. The van der Waals surface area contributed by atoms with Crippen molar-refractivity contribution in [1.29, 1.82) is 0 Å². The summed E-state index contributed by atoms with van der Waals surface area (Å²) in [5.74, 6) is -0.166. The monoisotopic (exact) mass is 375 g/mol. The SMILES string of the molecule is C/C(=C1/S/C(=N/c2nnc(C)s2)N(C)C1=O)c1ccc([N+](=O)[O-])cc1. The summed E-state index contributed by atoms with van der Waals surface area (Å²) in [6.07, 6.45) is 0. The Labute approximate surface area is 151 Å². The van der Waals surface area contributed by atoms with Crippen molar-refractivity contribution >= 4 is 50.6 Å². The molecule has 10 heteroatoms. The molecule has 1 aliphatic heterocycles. The van der Waals surface area contributed by atoms with Gasteiger partial charge in [-0.25, -0.2) is 0 Å². The zero-order valence-electron chi connectivity index (χ0n) is 13.6. The fourth-order valence-electron chi connectivity index (χ4n) is 2.15. The number of carbonyl (C=O) groups is 1. The molecule has 0 atom stereocenters. The second kappa shape index (κ2) is 6.73. The molecule has 0 aliphatic carbocycles. The molecule has 1 aliphatic rings. The summed E-state index contributed by atoms with van der Waals surface area (Å²) >= 11 is 2.60. The van der Waals surface area contributed by atoms with Gasteiger partial charge < -0.3 is 0 Å². The Hall–Kier alpha value is -2.59. The summed E-state index contributed by atoms with van der Waals surface area (Å²) in [6.45, 7) is 3.65. The van der Waals surface area contributed by atoms with Gasteiger partial charge in [0.25, 0.3) is 11.6 Å². The number of allylic oxidation sites excluding steroid dienone is 1. The number of nitro benzene ring substituents is 1. The number of benzene rings is 1. The standard InChI is InChI=1S/C15H13N5O3S2/c1-8(10-4-6-11(7-5-10)20(22)23)12-13(21)19(3)15(25-12)16-14-18-17-9(2)24-14/h4-7H,1-3H3/b12-8-,16-15+. The van der Waals surface area contributed by atoms with Gasteiger partial charge >= 0.3 is 0 Å². The van der Waals surface area contributed by atoms with Gasteiger partial charge in [-0.2, -0.15) is 4.99 Å². The van der Waals surface area contributed by atoms with Crippen molar-refractivity contribution in [3.8, 4) is 0 Å². The smallest absolute Gasteiger partial charge is 0.269 e. The Balaban J connectivity index is 1.93. The van der Waals surface area contributed by atoms with Gasteiger partial charge in [0.15, 0.2) is 5.17 Å². The van der Waals surface area contributed by atoms with Crippen LogP contribution in [0, 0.1) is 17.0 Å². The summed E-state index contributed by atoms with van der Waals surface area (Å²) in [5.41, 5.74) is 1.51. The van der Waals surface area contributed by atoms with Crippen LogP contribution in [0.25, 0.3) is 5.57 Å². The molecule has 0 spiro atoms. The molecule has 25 heavy (non-hydrogen) atoms. The summed E-state index contributed by atoms with van der Waals surface area (Å²) in [4.78, 5) is 29.2. The summed E-state index contributed by atoms with van der Waals surface area (Å²) in [6, 6.07) is 6.12. The normalized spacial score (nSPS) is 18.1. The van der Waals surface area contributed by atoms with Crippen LogP contribution in [-0.2, 0) is 4.79 Å². The van der Waals surface area contributed by atoms with Gasteiger partial charge in [0.1, 0.15) is 5.01 Å². The van der Waals surface area contributed by atoms with E-state index in [0.717, 1.165) is 16.1 Å². The van der Waals surface area contributed by atoms with Crippen molar-refractivity contribution < 1.29 is 9.72 Å². The van der Waals surface area contributed by atoms with Crippen molar-refractivity contribution in [3.05, 3.63) is 49.9 Å². The molecule has 0 saturated carbocycles. The molecule has 2 heterocycles. The third-order valence-corrected chi connectivity index (χ3v) is 5.50. The van der Waals surface area contributed by atoms with Crippen LogP contribution >= 0.6 is 23.1 Å².